The number of aryl methyl sites for hydroxylation is 1. The molecule has 2 aliphatic carbocycles. The van der Waals surface area contributed by atoms with Crippen LogP contribution in [-0.4, -0.2) is 20.2 Å². The molecule has 0 aromatic heterocycles. The third-order valence-electron chi connectivity index (χ3n) is 5.65. The minimum Gasteiger partial charge on any atom is -0.270 e. The molecule has 0 radical (unpaired) electrons. The number of nitrogens with zero attached hydrogens (tertiary/aromatic N) is 2. The second kappa shape index (κ2) is 4.23. The predicted octanol–water partition coefficient (Wildman–Crippen LogP) is 2.43. The molecule has 0 unspecified atom stereocenters. The average Bonchev–Trinajstić information content (AvgIpc) is 3.11. The minimum atomic E-state index is -3.23. The van der Waals surface area contributed by atoms with E-state index in [1.807, 2.05) is 13.0 Å². The Morgan fingerprint density at radius 2 is 2.05 bits per heavy atom. The maximum atomic E-state index is 12.9. The van der Waals surface area contributed by atoms with E-state index in [-0.39, 0.29) is 5.25 Å². The third kappa shape index (κ3) is 1.69. The first-order valence-electron chi connectivity index (χ1n) is 7.54. The Labute approximate surface area is 125 Å². The Morgan fingerprint density at radius 1 is 1.29 bits per heavy atom. The van der Waals surface area contributed by atoms with Crippen LogP contribution in [0.25, 0.3) is 0 Å². The summed E-state index contributed by atoms with van der Waals surface area (Å²) in [5.74, 6) is 1.28. The van der Waals surface area contributed by atoms with Crippen LogP contribution < -0.4 is 4.31 Å². The van der Waals surface area contributed by atoms with Gasteiger partial charge >= 0.3 is 0 Å². The Balaban J connectivity index is 1.74. The van der Waals surface area contributed by atoms with E-state index in [2.05, 4.69) is 6.07 Å². The molecule has 4 rings (SSSR count). The first kappa shape index (κ1) is 13.1. The quantitative estimate of drug-likeness (QED) is 0.800. The van der Waals surface area contributed by atoms with Crippen LogP contribution in [0.15, 0.2) is 18.2 Å². The fraction of sp³-hybridized carbons (Fsp3) is 0.562. The van der Waals surface area contributed by atoms with Crippen LogP contribution in [0.2, 0.25) is 0 Å². The van der Waals surface area contributed by atoms with E-state index in [1.54, 1.807) is 16.4 Å². The zero-order valence-corrected chi connectivity index (χ0v) is 12.8. The molecule has 5 heteroatoms. The molecular formula is C16H18N2O2S. The van der Waals surface area contributed by atoms with Gasteiger partial charge in [0.25, 0.3) is 0 Å². The van der Waals surface area contributed by atoms with Crippen molar-refractivity contribution in [3.8, 4) is 6.07 Å². The van der Waals surface area contributed by atoms with Crippen molar-refractivity contribution in [3.05, 3.63) is 29.3 Å². The fourth-order valence-corrected chi connectivity index (χ4v) is 7.26. The maximum Gasteiger partial charge on any atom is 0.238 e. The lowest BCUT2D eigenvalue weighted by molar-refractivity contribution is 0.362. The van der Waals surface area contributed by atoms with Crippen LogP contribution in [0.1, 0.15) is 30.4 Å². The zero-order valence-electron chi connectivity index (χ0n) is 12.0. The van der Waals surface area contributed by atoms with Gasteiger partial charge < -0.3 is 0 Å². The highest BCUT2D eigenvalue weighted by molar-refractivity contribution is 7.93. The number of fused-ring (bicyclic) bond motifs is 5. The molecule has 4 nitrogen and oxygen atoms in total. The van der Waals surface area contributed by atoms with Gasteiger partial charge in [0.05, 0.1) is 22.6 Å². The molecule has 2 saturated carbocycles. The van der Waals surface area contributed by atoms with Crippen LogP contribution in [0.5, 0.6) is 0 Å². The van der Waals surface area contributed by atoms with Crippen molar-refractivity contribution in [1.82, 2.24) is 0 Å². The highest BCUT2D eigenvalue weighted by Gasteiger charge is 2.59. The van der Waals surface area contributed by atoms with E-state index in [0.29, 0.717) is 29.9 Å². The molecule has 1 saturated heterocycles. The molecule has 3 fully saturated rings. The number of hydrogen-bond donors (Lipinski definition) is 0. The molecule has 1 aromatic carbocycles. The van der Waals surface area contributed by atoms with Crippen molar-refractivity contribution in [2.24, 2.45) is 17.8 Å². The highest BCUT2D eigenvalue weighted by atomic mass is 32.2. The number of rotatable bonds is 1. The standard InChI is InChI=1S/C16H18N2O2S/c1-10-6-14(5-4-13(10)8-17)18-9-15-11-2-3-12(7-11)16(15)21(18,19)20/h4-6,11-12,15-16H,2-3,7,9H2,1H3/t11-,12+,15-,16+/m1/s1. The van der Waals surface area contributed by atoms with Gasteiger partial charge in [-0.25, -0.2) is 8.42 Å². The number of benzene rings is 1. The van der Waals surface area contributed by atoms with Gasteiger partial charge in [-0.05, 0) is 67.7 Å². The first-order chi connectivity index (χ1) is 10.0. The Hall–Kier alpha value is -1.54. The molecule has 1 aromatic rings. The lowest BCUT2D eigenvalue weighted by atomic mass is 9.88. The fourth-order valence-electron chi connectivity index (χ4n) is 4.70. The molecule has 1 aliphatic heterocycles. The van der Waals surface area contributed by atoms with Crippen LogP contribution in [-0.2, 0) is 10.0 Å². The maximum absolute atomic E-state index is 12.9. The summed E-state index contributed by atoms with van der Waals surface area (Å²) < 4.78 is 27.4. The van der Waals surface area contributed by atoms with Crippen molar-refractivity contribution < 1.29 is 8.42 Å². The molecule has 0 amide bonds. The topological polar surface area (TPSA) is 61.2 Å². The smallest absolute Gasteiger partial charge is 0.238 e. The summed E-state index contributed by atoms with van der Waals surface area (Å²) in [5.41, 5.74) is 2.17. The number of sulfonamides is 1. The highest BCUT2D eigenvalue weighted by Crippen LogP contribution is 2.55. The molecule has 21 heavy (non-hydrogen) atoms. The molecule has 4 atom stereocenters. The molecule has 0 spiro atoms. The summed E-state index contributed by atoms with van der Waals surface area (Å²) in [6.07, 6.45) is 3.38. The number of anilines is 1. The van der Waals surface area contributed by atoms with E-state index in [1.165, 1.54) is 6.42 Å². The van der Waals surface area contributed by atoms with E-state index in [0.717, 1.165) is 24.1 Å². The van der Waals surface area contributed by atoms with Gasteiger partial charge in [0.1, 0.15) is 0 Å². The van der Waals surface area contributed by atoms with Gasteiger partial charge in [-0.15, -0.1) is 0 Å². The SMILES string of the molecule is Cc1cc(N2C[C@@H]3[C@@H]4CC[C@@H](C4)[C@@H]3S2(=O)=O)ccc1C#N. The Morgan fingerprint density at radius 3 is 2.71 bits per heavy atom. The van der Waals surface area contributed by atoms with Crippen molar-refractivity contribution in [2.45, 2.75) is 31.4 Å². The van der Waals surface area contributed by atoms with Gasteiger partial charge in [-0.1, -0.05) is 0 Å². The van der Waals surface area contributed by atoms with E-state index < -0.39 is 10.0 Å². The van der Waals surface area contributed by atoms with E-state index in [9.17, 15) is 8.42 Å². The molecule has 110 valence electrons. The molecule has 1 heterocycles. The third-order valence-corrected chi connectivity index (χ3v) is 8.05. The van der Waals surface area contributed by atoms with Crippen LogP contribution in [0, 0.1) is 36.0 Å². The second-order valence-electron chi connectivity index (χ2n) is 6.65. The molecule has 0 N–H and O–H groups in total. The number of nitriles is 1. The lowest BCUT2D eigenvalue weighted by Crippen LogP contribution is -2.33. The monoisotopic (exact) mass is 302 g/mol. The second-order valence-corrected chi connectivity index (χ2v) is 8.66. The van der Waals surface area contributed by atoms with Gasteiger partial charge in [-0.2, -0.15) is 5.26 Å². The van der Waals surface area contributed by atoms with Crippen LogP contribution in [0.3, 0.4) is 0 Å². The minimum absolute atomic E-state index is 0.160. The average molecular weight is 302 g/mol. The van der Waals surface area contributed by atoms with E-state index in [4.69, 9.17) is 5.26 Å². The van der Waals surface area contributed by atoms with E-state index >= 15 is 0 Å². The predicted molar refractivity (Wildman–Crippen MR) is 80.3 cm³/mol. The van der Waals surface area contributed by atoms with Gasteiger partial charge in [0.2, 0.25) is 10.0 Å². The normalized spacial score (nSPS) is 35.7. The summed E-state index contributed by atoms with van der Waals surface area (Å²) in [4.78, 5) is 0. The molecule has 3 aliphatic rings. The largest absolute Gasteiger partial charge is 0.270 e. The van der Waals surface area contributed by atoms with Gasteiger partial charge in [0, 0.05) is 6.54 Å². The van der Waals surface area contributed by atoms with Crippen molar-refractivity contribution in [1.29, 1.82) is 5.26 Å². The van der Waals surface area contributed by atoms with Crippen molar-refractivity contribution in [3.63, 3.8) is 0 Å². The Bertz CT molecular complexity index is 750. The summed E-state index contributed by atoms with van der Waals surface area (Å²) in [7, 11) is -3.23. The van der Waals surface area contributed by atoms with Crippen molar-refractivity contribution >= 4 is 15.7 Å². The van der Waals surface area contributed by atoms with Crippen LogP contribution >= 0.6 is 0 Å². The van der Waals surface area contributed by atoms with Gasteiger partial charge in [0.15, 0.2) is 0 Å². The zero-order chi connectivity index (χ0) is 14.8. The van der Waals surface area contributed by atoms with Crippen molar-refractivity contribution in [2.75, 3.05) is 10.8 Å². The molecule has 2 bridgehead atoms. The molecular weight excluding hydrogens is 284 g/mol. The number of hydrogen-bond acceptors (Lipinski definition) is 3. The first-order valence-corrected chi connectivity index (χ1v) is 9.05. The Kier molecular flexibility index (Phi) is 2.65. The van der Waals surface area contributed by atoms with Gasteiger partial charge in [-0.3, -0.25) is 4.31 Å². The summed E-state index contributed by atoms with van der Waals surface area (Å²) in [6.45, 7) is 2.48. The summed E-state index contributed by atoms with van der Waals surface area (Å²) in [5, 5.41) is 8.84. The van der Waals surface area contributed by atoms with Crippen LogP contribution in [0.4, 0.5) is 5.69 Å². The lowest BCUT2D eigenvalue weighted by Gasteiger charge is -2.22. The summed E-state index contributed by atoms with van der Waals surface area (Å²) >= 11 is 0. The summed E-state index contributed by atoms with van der Waals surface area (Å²) in [6, 6.07) is 7.46.